The summed E-state index contributed by atoms with van der Waals surface area (Å²) in [4.78, 5) is 19.4. The Labute approximate surface area is 65.7 Å². The fourth-order valence-electron chi connectivity index (χ4n) is 0.222. The van der Waals surface area contributed by atoms with E-state index in [4.69, 9.17) is 5.11 Å². The molecule has 0 aliphatic rings. The maximum atomic E-state index is 9.86. The number of hydrogen-bond acceptors (Lipinski definition) is 5. The van der Waals surface area contributed by atoms with Crippen LogP contribution >= 0.6 is 21.6 Å². The Morgan fingerprint density at radius 2 is 2.40 bits per heavy atom. The summed E-state index contributed by atoms with van der Waals surface area (Å²) in [6.07, 6.45) is 0. The van der Waals surface area contributed by atoms with Crippen molar-refractivity contribution in [1.82, 2.24) is 0 Å². The number of hydrogen-bond donors (Lipinski definition) is 1. The Balaban J connectivity index is 2.90. The van der Waals surface area contributed by atoms with Crippen LogP contribution in [0.15, 0.2) is 0 Å². The van der Waals surface area contributed by atoms with Crippen molar-refractivity contribution in [3.8, 4) is 0 Å². The van der Waals surface area contributed by atoms with E-state index >= 15 is 0 Å². The van der Waals surface area contributed by atoms with Gasteiger partial charge in [-0.15, -0.1) is 0 Å². The molecule has 0 rings (SSSR count). The van der Waals surface area contributed by atoms with Gasteiger partial charge in [0.05, 0.1) is 0 Å². The zero-order valence-corrected chi connectivity index (χ0v) is 6.61. The number of carbonyl (C=O) groups is 2. The average Bonchev–Trinajstić information content (AvgIpc) is 1.87. The Morgan fingerprint density at radius 3 is 2.90 bits per heavy atom. The van der Waals surface area contributed by atoms with Crippen molar-refractivity contribution < 1.29 is 19.4 Å². The predicted octanol–water partition coefficient (Wildman–Crippen LogP) is 1.22. The lowest BCUT2D eigenvalue weighted by Crippen LogP contribution is -1.93. The minimum absolute atomic E-state index is 0.258. The van der Waals surface area contributed by atoms with E-state index in [1.807, 2.05) is 0 Å². The summed E-state index contributed by atoms with van der Waals surface area (Å²) in [5, 5.41) is 7.17. The lowest BCUT2D eigenvalue weighted by molar-refractivity contribution is -0.128. The summed E-state index contributed by atoms with van der Waals surface area (Å²) < 4.78 is 4.31. The molecular weight excluding hydrogens is 176 g/mol. The van der Waals surface area contributed by atoms with Gasteiger partial charge in [-0.3, -0.25) is 4.79 Å². The molecule has 0 radical (unpaired) electrons. The largest absolute Gasteiger partial charge is 0.473 e. The van der Waals surface area contributed by atoms with Crippen LogP contribution in [0, 0.1) is 0 Å². The average molecular weight is 182 g/mol. The summed E-state index contributed by atoms with van der Waals surface area (Å²) in [7, 11) is 1.85. The normalized spacial score (nSPS) is 8.80. The molecule has 0 aliphatic heterocycles. The molecule has 0 saturated carbocycles. The fraction of sp³-hybridized carbons (Fsp3) is 0.500. The Kier molecular flexibility index (Phi) is 6.51. The highest BCUT2D eigenvalue weighted by molar-refractivity contribution is 8.82. The third-order valence-corrected chi connectivity index (χ3v) is 2.36. The van der Waals surface area contributed by atoms with E-state index in [2.05, 4.69) is 4.74 Å². The highest BCUT2D eigenvalue weighted by Gasteiger charge is 1.96. The fourth-order valence-corrected chi connectivity index (χ4v) is 1.33. The molecule has 0 spiro atoms. The molecule has 0 heterocycles. The van der Waals surface area contributed by atoms with Crippen LogP contribution in [0.1, 0.15) is 0 Å². The van der Waals surface area contributed by atoms with Gasteiger partial charge >= 0.3 is 5.30 Å². The lowest BCUT2D eigenvalue weighted by atomic mass is 10.9. The van der Waals surface area contributed by atoms with Crippen molar-refractivity contribution in [3.63, 3.8) is 0 Å². The zero-order valence-electron chi connectivity index (χ0n) is 4.98. The maximum Gasteiger partial charge on any atom is 0.375 e. The monoisotopic (exact) mass is 182 g/mol. The first kappa shape index (κ1) is 9.64. The molecule has 0 atom stereocenters. The van der Waals surface area contributed by atoms with Crippen molar-refractivity contribution >= 4 is 33.4 Å². The molecule has 6 heteroatoms. The van der Waals surface area contributed by atoms with Crippen molar-refractivity contribution in [2.24, 2.45) is 0 Å². The molecule has 0 amide bonds. The van der Waals surface area contributed by atoms with E-state index < -0.39 is 5.30 Å². The van der Waals surface area contributed by atoms with Crippen LogP contribution in [-0.2, 0) is 9.53 Å². The highest BCUT2D eigenvalue weighted by Crippen LogP contribution is 2.20. The Hall–Kier alpha value is -0.360. The smallest absolute Gasteiger partial charge is 0.375 e. The quantitative estimate of drug-likeness (QED) is 0.392. The second-order valence-corrected chi connectivity index (χ2v) is 3.51. The summed E-state index contributed by atoms with van der Waals surface area (Å²) in [5.74, 6) is 0.496. The molecule has 10 heavy (non-hydrogen) atoms. The molecule has 0 aromatic rings. The molecule has 0 aromatic heterocycles. The van der Waals surface area contributed by atoms with E-state index in [1.54, 1.807) is 0 Å². The van der Waals surface area contributed by atoms with Gasteiger partial charge < -0.3 is 9.84 Å². The van der Waals surface area contributed by atoms with Gasteiger partial charge in [0.1, 0.15) is 6.61 Å². The van der Waals surface area contributed by atoms with Gasteiger partial charge in [-0.2, -0.15) is 0 Å². The van der Waals surface area contributed by atoms with Crippen LogP contribution in [0.25, 0.3) is 0 Å². The zero-order chi connectivity index (χ0) is 7.82. The number of ether oxygens (including phenoxy) is 1. The molecule has 0 aliphatic carbocycles. The number of carboxylic acid groups (broad SMARTS) is 1. The first-order valence-corrected chi connectivity index (χ1v) is 4.67. The van der Waals surface area contributed by atoms with E-state index in [9.17, 15) is 9.59 Å². The van der Waals surface area contributed by atoms with Crippen LogP contribution < -0.4 is 0 Å². The van der Waals surface area contributed by atoms with E-state index in [-0.39, 0.29) is 6.61 Å². The van der Waals surface area contributed by atoms with Crippen LogP contribution in [0.2, 0.25) is 0 Å². The van der Waals surface area contributed by atoms with E-state index in [0.717, 1.165) is 21.6 Å². The first-order chi connectivity index (χ1) is 4.77. The molecule has 0 aromatic carbocycles. The summed E-state index contributed by atoms with van der Waals surface area (Å²) in [6.45, 7) is 0.598. The second kappa shape index (κ2) is 6.76. The maximum absolute atomic E-state index is 9.86. The summed E-state index contributed by atoms with van der Waals surface area (Å²) in [5.41, 5.74) is 0. The lowest BCUT2D eigenvalue weighted by Gasteiger charge is -1.94. The minimum atomic E-state index is -0.934. The van der Waals surface area contributed by atoms with Crippen molar-refractivity contribution in [2.75, 3.05) is 12.4 Å². The highest BCUT2D eigenvalue weighted by atomic mass is 33.1. The van der Waals surface area contributed by atoms with Gasteiger partial charge in [-0.05, 0) is 0 Å². The van der Waals surface area contributed by atoms with Gasteiger partial charge in [-0.1, -0.05) is 10.8 Å². The molecule has 0 unspecified atom stereocenters. The minimum Gasteiger partial charge on any atom is -0.473 e. The SMILES string of the molecule is O=COCCSSC(=O)O. The summed E-state index contributed by atoms with van der Waals surface area (Å²) in [6, 6.07) is 0. The molecular formula is C4H6O4S2. The van der Waals surface area contributed by atoms with Gasteiger partial charge in [0.15, 0.2) is 0 Å². The van der Waals surface area contributed by atoms with Crippen molar-refractivity contribution in [1.29, 1.82) is 0 Å². The molecule has 4 nitrogen and oxygen atoms in total. The summed E-state index contributed by atoms with van der Waals surface area (Å²) >= 11 is 0. The molecule has 0 bridgehead atoms. The Morgan fingerprint density at radius 1 is 1.70 bits per heavy atom. The standard InChI is InChI=1S/C4H6O4S2/c5-3-8-1-2-9-10-4(6)7/h3H,1-2H2,(H,6,7). The molecule has 1 N–H and O–H groups in total. The predicted molar refractivity (Wildman–Crippen MR) is 40.1 cm³/mol. The van der Waals surface area contributed by atoms with E-state index in [0.29, 0.717) is 12.2 Å². The third kappa shape index (κ3) is 7.64. The van der Waals surface area contributed by atoms with Crippen molar-refractivity contribution in [3.05, 3.63) is 0 Å². The second-order valence-electron chi connectivity index (χ2n) is 1.14. The van der Waals surface area contributed by atoms with Gasteiger partial charge in [0.2, 0.25) is 0 Å². The molecule has 0 fully saturated rings. The number of carbonyl (C=O) groups excluding carboxylic acids is 1. The third-order valence-electron chi connectivity index (χ3n) is 0.483. The van der Waals surface area contributed by atoms with Crippen LogP contribution in [0.4, 0.5) is 4.79 Å². The van der Waals surface area contributed by atoms with Crippen molar-refractivity contribution in [2.45, 2.75) is 0 Å². The molecule has 58 valence electrons. The number of rotatable bonds is 5. The van der Waals surface area contributed by atoms with Gasteiger partial charge in [-0.25, -0.2) is 4.79 Å². The Bertz CT molecular complexity index is 116. The molecule has 0 saturated heterocycles. The van der Waals surface area contributed by atoms with Crippen LogP contribution in [-0.4, -0.2) is 29.2 Å². The van der Waals surface area contributed by atoms with Gasteiger partial charge in [0.25, 0.3) is 6.47 Å². The van der Waals surface area contributed by atoms with Crippen LogP contribution in [0.3, 0.4) is 0 Å². The topological polar surface area (TPSA) is 63.6 Å². The van der Waals surface area contributed by atoms with Gasteiger partial charge in [0, 0.05) is 16.5 Å². The van der Waals surface area contributed by atoms with E-state index in [1.165, 1.54) is 0 Å². The van der Waals surface area contributed by atoms with Crippen LogP contribution in [0.5, 0.6) is 0 Å². The first-order valence-electron chi connectivity index (χ1n) is 2.35.